The van der Waals surface area contributed by atoms with Gasteiger partial charge in [-0.05, 0) is 42.0 Å². The third-order valence-electron chi connectivity index (χ3n) is 3.12. The second-order valence-electron chi connectivity index (χ2n) is 4.47. The lowest BCUT2D eigenvalue weighted by atomic mass is 10.2. The van der Waals surface area contributed by atoms with Crippen LogP contribution in [0.2, 0.25) is 0 Å². The van der Waals surface area contributed by atoms with Crippen molar-refractivity contribution < 1.29 is 0 Å². The Hall–Kier alpha value is -2.28. The van der Waals surface area contributed by atoms with Crippen LogP contribution in [0.3, 0.4) is 0 Å². The van der Waals surface area contributed by atoms with Gasteiger partial charge in [0.15, 0.2) is 0 Å². The fraction of sp³-hybridized carbons (Fsp3) is 0.231. The van der Waals surface area contributed by atoms with E-state index in [0.29, 0.717) is 0 Å². The zero-order valence-corrected chi connectivity index (χ0v) is 12.1. The first kappa shape index (κ1) is 12.7. The summed E-state index contributed by atoms with van der Waals surface area (Å²) >= 11 is 1.67. The maximum atomic E-state index is 4.26. The van der Waals surface area contributed by atoms with Gasteiger partial charge in [0.25, 0.3) is 0 Å². The van der Waals surface area contributed by atoms with E-state index in [-0.39, 0.29) is 0 Å². The van der Waals surface area contributed by atoms with E-state index in [9.17, 15) is 0 Å². The van der Waals surface area contributed by atoms with Gasteiger partial charge in [0, 0.05) is 10.6 Å². The van der Waals surface area contributed by atoms with E-state index in [1.165, 1.54) is 10.4 Å². The van der Waals surface area contributed by atoms with Gasteiger partial charge in [0.05, 0.1) is 23.4 Å². The van der Waals surface area contributed by atoms with Gasteiger partial charge in [0.2, 0.25) is 0 Å². The van der Waals surface area contributed by atoms with E-state index in [4.69, 9.17) is 0 Å². The fourth-order valence-electron chi connectivity index (χ4n) is 1.89. The predicted molar refractivity (Wildman–Crippen MR) is 78.1 cm³/mol. The van der Waals surface area contributed by atoms with Crippen molar-refractivity contribution in [3.8, 4) is 5.69 Å². The number of aromatic nitrogens is 5. The molecule has 0 radical (unpaired) electrons. The Morgan fingerprint density at radius 2 is 2.20 bits per heavy atom. The highest BCUT2D eigenvalue weighted by Gasteiger charge is 2.05. The van der Waals surface area contributed by atoms with Crippen LogP contribution in [0.15, 0.2) is 30.0 Å². The molecule has 0 aliphatic carbocycles. The molecule has 6 nitrogen and oxygen atoms in total. The number of anilines is 1. The molecule has 2 aromatic heterocycles. The zero-order chi connectivity index (χ0) is 13.9. The normalized spacial score (nSPS) is 10.7. The number of nitrogens with one attached hydrogen (secondary N) is 1. The summed E-state index contributed by atoms with van der Waals surface area (Å²) < 4.78 is 1.64. The quantitative estimate of drug-likeness (QED) is 0.797. The minimum atomic E-state index is 0.774. The van der Waals surface area contributed by atoms with E-state index >= 15 is 0 Å². The van der Waals surface area contributed by atoms with Crippen LogP contribution >= 0.6 is 11.3 Å². The Bertz CT molecular complexity index is 703. The van der Waals surface area contributed by atoms with Crippen LogP contribution in [0.4, 0.5) is 5.69 Å². The number of hydrogen-bond acceptors (Lipinski definition) is 6. The van der Waals surface area contributed by atoms with Crippen LogP contribution in [0.5, 0.6) is 0 Å². The van der Waals surface area contributed by atoms with Gasteiger partial charge in [-0.2, -0.15) is 0 Å². The molecule has 3 aromatic rings. The molecule has 1 aromatic carbocycles. The van der Waals surface area contributed by atoms with E-state index < -0.39 is 0 Å². The Labute approximate surface area is 120 Å². The summed E-state index contributed by atoms with van der Waals surface area (Å²) in [6.45, 7) is 4.87. The predicted octanol–water partition coefficient (Wildman–Crippen LogP) is 2.35. The number of rotatable bonds is 4. The lowest BCUT2D eigenvalue weighted by molar-refractivity contribution is 0.789. The largest absolute Gasteiger partial charge is 0.380 e. The Morgan fingerprint density at radius 3 is 2.90 bits per heavy atom. The van der Waals surface area contributed by atoms with Gasteiger partial charge in [0.1, 0.15) is 6.33 Å². The first-order valence-electron chi connectivity index (χ1n) is 6.21. The molecule has 0 atom stereocenters. The van der Waals surface area contributed by atoms with E-state index in [0.717, 1.165) is 23.6 Å². The molecular weight excluding hydrogens is 272 g/mol. The van der Waals surface area contributed by atoms with Crippen LogP contribution in [0.1, 0.15) is 16.1 Å². The lowest BCUT2D eigenvalue weighted by Gasteiger charge is -2.10. The van der Waals surface area contributed by atoms with Crippen molar-refractivity contribution in [2.75, 3.05) is 5.32 Å². The molecule has 1 N–H and O–H groups in total. The first-order chi connectivity index (χ1) is 9.74. The number of benzene rings is 1. The molecule has 0 aliphatic heterocycles. The minimum absolute atomic E-state index is 0.774. The van der Waals surface area contributed by atoms with Gasteiger partial charge in [-0.15, -0.1) is 16.4 Å². The molecule has 20 heavy (non-hydrogen) atoms. The number of nitrogens with zero attached hydrogens (tertiary/aromatic N) is 5. The van der Waals surface area contributed by atoms with Gasteiger partial charge < -0.3 is 5.32 Å². The van der Waals surface area contributed by atoms with Crippen molar-refractivity contribution in [2.24, 2.45) is 0 Å². The molecule has 3 rings (SSSR count). The van der Waals surface area contributed by atoms with Crippen molar-refractivity contribution in [1.29, 1.82) is 0 Å². The van der Waals surface area contributed by atoms with Crippen molar-refractivity contribution in [2.45, 2.75) is 20.4 Å². The van der Waals surface area contributed by atoms with Crippen molar-refractivity contribution in [3.05, 3.63) is 46.2 Å². The monoisotopic (exact) mass is 286 g/mol. The van der Waals surface area contributed by atoms with Crippen LogP contribution < -0.4 is 5.32 Å². The number of hydrogen-bond donors (Lipinski definition) is 1. The highest BCUT2D eigenvalue weighted by atomic mass is 32.1. The SMILES string of the molecule is Cc1ccc(-n2cnnn2)cc1NCc1scnc1C. The van der Waals surface area contributed by atoms with Gasteiger partial charge in [-0.1, -0.05) is 6.07 Å². The third-order valence-corrected chi connectivity index (χ3v) is 4.05. The summed E-state index contributed by atoms with van der Waals surface area (Å²) in [6, 6.07) is 6.09. The fourth-order valence-corrected chi connectivity index (χ4v) is 2.61. The van der Waals surface area contributed by atoms with Crippen LogP contribution in [0, 0.1) is 13.8 Å². The van der Waals surface area contributed by atoms with E-state index in [2.05, 4.69) is 38.8 Å². The molecule has 0 aliphatic rings. The second-order valence-corrected chi connectivity index (χ2v) is 5.41. The third kappa shape index (κ3) is 2.53. The molecule has 0 saturated carbocycles. The Kier molecular flexibility index (Phi) is 3.42. The van der Waals surface area contributed by atoms with Crippen molar-refractivity contribution >= 4 is 17.0 Å². The molecule has 0 bridgehead atoms. The molecule has 2 heterocycles. The summed E-state index contributed by atoms with van der Waals surface area (Å²) in [7, 11) is 0. The van der Waals surface area contributed by atoms with Crippen LogP contribution in [-0.4, -0.2) is 25.2 Å². The minimum Gasteiger partial charge on any atom is -0.380 e. The van der Waals surface area contributed by atoms with Gasteiger partial charge in [-0.25, -0.2) is 9.67 Å². The number of thiazole rings is 1. The summed E-state index contributed by atoms with van der Waals surface area (Å²) in [5, 5.41) is 14.7. The summed E-state index contributed by atoms with van der Waals surface area (Å²) in [5.41, 5.74) is 6.15. The smallest absolute Gasteiger partial charge is 0.143 e. The van der Waals surface area contributed by atoms with Gasteiger partial charge >= 0.3 is 0 Å². The standard InChI is InChI=1S/C13H14N6S/c1-9-3-4-11(19-7-16-17-18-19)5-12(9)14-6-13-10(2)15-8-20-13/h3-5,7-8,14H,6H2,1-2H3. The Morgan fingerprint density at radius 1 is 1.30 bits per heavy atom. The van der Waals surface area contributed by atoms with Gasteiger partial charge in [-0.3, -0.25) is 0 Å². The molecule has 102 valence electrons. The van der Waals surface area contributed by atoms with Crippen molar-refractivity contribution in [3.63, 3.8) is 0 Å². The molecule has 0 unspecified atom stereocenters. The second kappa shape index (κ2) is 5.38. The average Bonchev–Trinajstić information content (AvgIpc) is 3.10. The van der Waals surface area contributed by atoms with E-state index in [1.807, 2.05) is 24.6 Å². The molecule has 0 saturated heterocycles. The molecule has 0 spiro atoms. The Balaban J connectivity index is 1.82. The molecule has 0 amide bonds. The topological polar surface area (TPSA) is 68.5 Å². The summed E-state index contributed by atoms with van der Waals surface area (Å²) in [5.74, 6) is 0. The average molecular weight is 286 g/mol. The molecular formula is C13H14N6S. The van der Waals surface area contributed by atoms with E-state index in [1.54, 1.807) is 22.3 Å². The molecule has 0 fully saturated rings. The summed E-state index contributed by atoms with van der Waals surface area (Å²) in [6.07, 6.45) is 1.59. The summed E-state index contributed by atoms with van der Waals surface area (Å²) in [4.78, 5) is 5.50. The molecule has 7 heteroatoms. The highest BCUT2D eigenvalue weighted by molar-refractivity contribution is 7.09. The number of aryl methyl sites for hydroxylation is 2. The maximum Gasteiger partial charge on any atom is 0.143 e. The first-order valence-corrected chi connectivity index (χ1v) is 7.09. The van der Waals surface area contributed by atoms with Crippen LogP contribution in [-0.2, 0) is 6.54 Å². The lowest BCUT2D eigenvalue weighted by Crippen LogP contribution is -2.03. The number of tetrazole rings is 1. The van der Waals surface area contributed by atoms with Crippen LogP contribution in [0.25, 0.3) is 5.69 Å². The van der Waals surface area contributed by atoms with Crippen molar-refractivity contribution in [1.82, 2.24) is 25.2 Å². The maximum absolute atomic E-state index is 4.26. The zero-order valence-electron chi connectivity index (χ0n) is 11.2. The highest BCUT2D eigenvalue weighted by Crippen LogP contribution is 2.21.